The summed E-state index contributed by atoms with van der Waals surface area (Å²) in [7, 11) is 2.08. The summed E-state index contributed by atoms with van der Waals surface area (Å²) in [4.78, 5) is 14.1. The Balaban J connectivity index is 2.37. The fourth-order valence-corrected chi connectivity index (χ4v) is 1.69. The first kappa shape index (κ1) is 15.8. The Labute approximate surface area is 119 Å². The number of benzene rings is 1. The quantitative estimate of drug-likeness (QED) is 0.622. The van der Waals surface area contributed by atoms with E-state index < -0.39 is 0 Å². The molecule has 1 rings (SSSR count). The van der Waals surface area contributed by atoms with Crippen molar-refractivity contribution in [3.8, 4) is 0 Å². The summed E-state index contributed by atoms with van der Waals surface area (Å²) < 4.78 is 0. The molecule has 0 bridgehead atoms. The Morgan fingerprint density at radius 2 is 2.16 bits per heavy atom. The second-order valence-electron chi connectivity index (χ2n) is 4.92. The van der Waals surface area contributed by atoms with Crippen LogP contribution in [0.3, 0.4) is 0 Å². The van der Waals surface area contributed by atoms with Crippen LogP contribution in [0, 0.1) is 0 Å². The van der Waals surface area contributed by atoms with Gasteiger partial charge in [0.05, 0.1) is 10.7 Å². The molecule has 5 heteroatoms. The average molecular weight is 284 g/mol. The molecule has 0 spiro atoms. The fraction of sp³-hybridized carbons (Fsp3) is 0.500. The van der Waals surface area contributed by atoms with Crippen LogP contribution in [0.4, 0.5) is 5.69 Å². The van der Waals surface area contributed by atoms with E-state index >= 15 is 0 Å². The van der Waals surface area contributed by atoms with Gasteiger partial charge in [0.25, 0.3) is 5.91 Å². The van der Waals surface area contributed by atoms with Gasteiger partial charge in [-0.1, -0.05) is 11.6 Å². The molecule has 1 aromatic rings. The molecule has 0 heterocycles. The zero-order chi connectivity index (χ0) is 14.4. The SMILES string of the molecule is CC(C)N(C)CCCNC(=O)c1ccc(Cl)c(N)c1. The van der Waals surface area contributed by atoms with Crippen LogP contribution in [0.25, 0.3) is 0 Å². The van der Waals surface area contributed by atoms with Gasteiger partial charge in [-0.3, -0.25) is 4.79 Å². The Morgan fingerprint density at radius 3 is 2.74 bits per heavy atom. The molecule has 4 nitrogen and oxygen atoms in total. The van der Waals surface area contributed by atoms with Crippen LogP contribution in [0.5, 0.6) is 0 Å². The van der Waals surface area contributed by atoms with Crippen molar-refractivity contribution in [3.05, 3.63) is 28.8 Å². The molecule has 0 aliphatic rings. The minimum atomic E-state index is -0.115. The molecule has 0 fully saturated rings. The van der Waals surface area contributed by atoms with Crippen LogP contribution in [-0.2, 0) is 0 Å². The molecule has 1 aromatic carbocycles. The fourth-order valence-electron chi connectivity index (χ4n) is 1.58. The summed E-state index contributed by atoms with van der Waals surface area (Å²) in [5.74, 6) is -0.115. The lowest BCUT2D eigenvalue weighted by molar-refractivity contribution is 0.0951. The maximum absolute atomic E-state index is 11.9. The van der Waals surface area contributed by atoms with E-state index in [1.165, 1.54) is 0 Å². The molecule has 0 aliphatic carbocycles. The number of anilines is 1. The molecule has 106 valence electrons. The van der Waals surface area contributed by atoms with Crippen LogP contribution in [0.2, 0.25) is 5.02 Å². The number of hydrogen-bond acceptors (Lipinski definition) is 3. The summed E-state index contributed by atoms with van der Waals surface area (Å²) in [6.07, 6.45) is 0.920. The highest BCUT2D eigenvalue weighted by atomic mass is 35.5. The van der Waals surface area contributed by atoms with E-state index in [1.807, 2.05) is 0 Å². The van der Waals surface area contributed by atoms with Gasteiger partial charge in [-0.25, -0.2) is 0 Å². The zero-order valence-corrected chi connectivity index (χ0v) is 12.5. The highest BCUT2D eigenvalue weighted by molar-refractivity contribution is 6.33. The smallest absolute Gasteiger partial charge is 0.251 e. The first-order valence-electron chi connectivity index (χ1n) is 6.45. The first-order valence-corrected chi connectivity index (χ1v) is 6.83. The van der Waals surface area contributed by atoms with E-state index in [9.17, 15) is 4.79 Å². The van der Waals surface area contributed by atoms with Crippen molar-refractivity contribution in [1.29, 1.82) is 0 Å². The second kappa shape index (κ2) is 7.36. The van der Waals surface area contributed by atoms with E-state index in [1.54, 1.807) is 18.2 Å². The lowest BCUT2D eigenvalue weighted by Crippen LogP contribution is -2.31. The average Bonchev–Trinajstić information content (AvgIpc) is 2.37. The molecule has 0 radical (unpaired) electrons. The Morgan fingerprint density at radius 1 is 1.47 bits per heavy atom. The summed E-state index contributed by atoms with van der Waals surface area (Å²) >= 11 is 5.81. The minimum absolute atomic E-state index is 0.115. The standard InChI is InChI=1S/C14H22ClN3O/c1-10(2)18(3)8-4-7-17-14(19)11-5-6-12(15)13(16)9-11/h5-6,9-10H,4,7-8,16H2,1-3H3,(H,17,19). The number of nitrogens with one attached hydrogen (secondary N) is 1. The molecule has 19 heavy (non-hydrogen) atoms. The summed E-state index contributed by atoms with van der Waals surface area (Å²) in [6, 6.07) is 5.43. The van der Waals surface area contributed by atoms with E-state index in [2.05, 4.69) is 31.1 Å². The molecule has 3 N–H and O–H groups in total. The Hall–Kier alpha value is -1.26. The monoisotopic (exact) mass is 283 g/mol. The van der Waals surface area contributed by atoms with Crippen LogP contribution in [0.15, 0.2) is 18.2 Å². The third-order valence-corrected chi connectivity index (χ3v) is 3.46. The van der Waals surface area contributed by atoms with Crippen molar-refractivity contribution in [1.82, 2.24) is 10.2 Å². The molecule has 0 saturated heterocycles. The van der Waals surface area contributed by atoms with Crippen LogP contribution in [0.1, 0.15) is 30.6 Å². The number of rotatable bonds is 6. The molecular weight excluding hydrogens is 262 g/mol. The summed E-state index contributed by atoms with van der Waals surface area (Å²) in [6.45, 7) is 5.91. The van der Waals surface area contributed by atoms with Crippen molar-refractivity contribution in [2.24, 2.45) is 0 Å². The van der Waals surface area contributed by atoms with E-state index in [-0.39, 0.29) is 5.91 Å². The molecule has 0 saturated carbocycles. The van der Waals surface area contributed by atoms with Gasteiger partial charge < -0.3 is 16.0 Å². The zero-order valence-electron chi connectivity index (χ0n) is 11.7. The van der Waals surface area contributed by atoms with Crippen LogP contribution >= 0.6 is 11.6 Å². The summed E-state index contributed by atoms with van der Waals surface area (Å²) in [5.41, 5.74) is 6.63. The highest BCUT2D eigenvalue weighted by Gasteiger charge is 2.07. The molecular formula is C14H22ClN3O. The van der Waals surface area contributed by atoms with E-state index in [0.29, 0.717) is 28.9 Å². The first-order chi connectivity index (χ1) is 8.91. The number of nitrogens with zero attached hydrogens (tertiary/aromatic N) is 1. The largest absolute Gasteiger partial charge is 0.398 e. The van der Waals surface area contributed by atoms with Crippen molar-refractivity contribution in [3.63, 3.8) is 0 Å². The van der Waals surface area contributed by atoms with Gasteiger partial charge in [-0.2, -0.15) is 0 Å². The topological polar surface area (TPSA) is 58.4 Å². The van der Waals surface area contributed by atoms with Crippen molar-refractivity contribution >= 4 is 23.2 Å². The number of carbonyl (C=O) groups excluding carboxylic acids is 1. The third-order valence-electron chi connectivity index (χ3n) is 3.11. The number of hydrogen-bond donors (Lipinski definition) is 2. The van der Waals surface area contributed by atoms with Crippen LogP contribution < -0.4 is 11.1 Å². The van der Waals surface area contributed by atoms with Gasteiger partial charge >= 0.3 is 0 Å². The number of nitrogens with two attached hydrogens (primary N) is 1. The Bertz CT molecular complexity index is 435. The maximum atomic E-state index is 11.9. The minimum Gasteiger partial charge on any atom is -0.398 e. The molecule has 0 atom stereocenters. The van der Waals surface area contributed by atoms with Gasteiger partial charge in [0.2, 0.25) is 0 Å². The van der Waals surface area contributed by atoms with Crippen molar-refractivity contribution < 1.29 is 4.79 Å². The molecule has 1 amide bonds. The number of halogens is 1. The molecule has 0 unspecified atom stereocenters. The van der Waals surface area contributed by atoms with Gasteiger partial charge in [-0.05, 0) is 52.1 Å². The predicted octanol–water partition coefficient (Wildman–Crippen LogP) is 2.38. The lowest BCUT2D eigenvalue weighted by atomic mass is 10.2. The predicted molar refractivity (Wildman–Crippen MR) is 80.6 cm³/mol. The Kier molecular flexibility index (Phi) is 6.12. The maximum Gasteiger partial charge on any atom is 0.251 e. The lowest BCUT2D eigenvalue weighted by Gasteiger charge is -2.20. The highest BCUT2D eigenvalue weighted by Crippen LogP contribution is 2.19. The van der Waals surface area contributed by atoms with E-state index in [0.717, 1.165) is 13.0 Å². The van der Waals surface area contributed by atoms with Gasteiger partial charge in [0, 0.05) is 18.2 Å². The third kappa shape index (κ3) is 5.09. The number of nitrogen functional groups attached to an aromatic ring is 1. The normalized spacial score (nSPS) is 11.1. The summed E-state index contributed by atoms with van der Waals surface area (Å²) in [5, 5.41) is 3.34. The molecule has 0 aromatic heterocycles. The van der Waals surface area contributed by atoms with Gasteiger partial charge in [0.15, 0.2) is 0 Å². The number of carbonyl (C=O) groups is 1. The van der Waals surface area contributed by atoms with Gasteiger partial charge in [0.1, 0.15) is 0 Å². The second-order valence-corrected chi connectivity index (χ2v) is 5.33. The number of amides is 1. The van der Waals surface area contributed by atoms with Crippen LogP contribution in [-0.4, -0.2) is 37.0 Å². The van der Waals surface area contributed by atoms with Crippen molar-refractivity contribution in [2.75, 3.05) is 25.9 Å². The van der Waals surface area contributed by atoms with Gasteiger partial charge in [-0.15, -0.1) is 0 Å². The van der Waals surface area contributed by atoms with Crippen molar-refractivity contribution in [2.45, 2.75) is 26.3 Å². The molecule has 0 aliphatic heterocycles. The van der Waals surface area contributed by atoms with E-state index in [4.69, 9.17) is 17.3 Å².